The Balaban J connectivity index is 2.55. The van der Waals surface area contributed by atoms with Crippen LogP contribution in [-0.4, -0.2) is 6.29 Å². The van der Waals surface area contributed by atoms with E-state index in [2.05, 4.69) is 6.58 Å². The van der Waals surface area contributed by atoms with Crippen molar-refractivity contribution in [1.82, 2.24) is 0 Å². The molecule has 2 aromatic rings. The van der Waals surface area contributed by atoms with Gasteiger partial charge in [0, 0.05) is 0 Å². The Labute approximate surface area is 99.2 Å². The lowest BCUT2D eigenvalue weighted by molar-refractivity contribution is 0.112. The van der Waals surface area contributed by atoms with E-state index in [9.17, 15) is 9.18 Å². The number of carbonyl (C=O) groups excluding carboxylic acids is 1. The number of halogens is 1. The van der Waals surface area contributed by atoms with Crippen molar-refractivity contribution < 1.29 is 9.18 Å². The smallest absolute Gasteiger partial charge is 0.153 e. The summed E-state index contributed by atoms with van der Waals surface area (Å²) in [6, 6.07) is 12.1. The van der Waals surface area contributed by atoms with Gasteiger partial charge in [-0.2, -0.15) is 0 Å². The number of aldehydes is 1. The minimum Gasteiger partial charge on any atom is -0.298 e. The maximum absolute atomic E-state index is 13.4. The van der Waals surface area contributed by atoms with E-state index in [0.29, 0.717) is 11.8 Å². The molecule has 0 N–H and O–H groups in total. The Morgan fingerprint density at radius 1 is 1.06 bits per heavy atom. The molecule has 2 heteroatoms. The van der Waals surface area contributed by atoms with Gasteiger partial charge in [0.1, 0.15) is 5.82 Å². The van der Waals surface area contributed by atoms with Crippen molar-refractivity contribution in [3.63, 3.8) is 0 Å². The first kappa shape index (κ1) is 11.3. The van der Waals surface area contributed by atoms with Gasteiger partial charge in [-0.25, -0.2) is 4.39 Å². The molecule has 0 aromatic heterocycles. The Bertz CT molecular complexity index is 556. The lowest BCUT2D eigenvalue weighted by Crippen LogP contribution is -1.92. The van der Waals surface area contributed by atoms with Crippen LogP contribution in [-0.2, 0) is 0 Å². The summed E-state index contributed by atoms with van der Waals surface area (Å²) in [5.41, 5.74) is 2.50. The quantitative estimate of drug-likeness (QED) is 0.724. The van der Waals surface area contributed by atoms with Crippen molar-refractivity contribution in [2.75, 3.05) is 0 Å². The van der Waals surface area contributed by atoms with Crippen molar-refractivity contribution in [3.05, 3.63) is 66.0 Å². The van der Waals surface area contributed by atoms with Gasteiger partial charge >= 0.3 is 0 Å². The van der Waals surface area contributed by atoms with Gasteiger partial charge in [0.2, 0.25) is 0 Å². The lowest BCUT2D eigenvalue weighted by Gasteiger charge is -2.06. The number of hydrogen-bond acceptors (Lipinski definition) is 1. The fourth-order valence-corrected chi connectivity index (χ4v) is 1.71. The van der Waals surface area contributed by atoms with E-state index < -0.39 is 5.82 Å². The second kappa shape index (κ2) is 4.74. The van der Waals surface area contributed by atoms with Crippen molar-refractivity contribution in [2.24, 2.45) is 0 Å². The van der Waals surface area contributed by atoms with Gasteiger partial charge in [0.05, 0.1) is 5.56 Å². The van der Waals surface area contributed by atoms with E-state index in [1.165, 1.54) is 6.07 Å². The average Bonchev–Trinajstić information content (AvgIpc) is 2.38. The molecule has 2 rings (SSSR count). The molecule has 0 saturated heterocycles. The largest absolute Gasteiger partial charge is 0.298 e. The summed E-state index contributed by atoms with van der Waals surface area (Å²) in [6.07, 6.45) is 2.28. The highest BCUT2D eigenvalue weighted by molar-refractivity contribution is 5.88. The second-order valence-electron chi connectivity index (χ2n) is 3.65. The molecule has 0 heterocycles. The van der Waals surface area contributed by atoms with E-state index in [-0.39, 0.29) is 5.56 Å². The third-order valence-corrected chi connectivity index (χ3v) is 2.63. The van der Waals surface area contributed by atoms with Gasteiger partial charge in [0.15, 0.2) is 6.29 Å². The molecule has 0 saturated carbocycles. The van der Waals surface area contributed by atoms with Crippen LogP contribution in [0.1, 0.15) is 15.9 Å². The molecule has 0 bridgehead atoms. The summed E-state index contributed by atoms with van der Waals surface area (Å²) in [6.45, 7) is 3.67. The molecular weight excluding hydrogens is 215 g/mol. The number of benzene rings is 2. The zero-order valence-corrected chi connectivity index (χ0v) is 9.19. The lowest BCUT2D eigenvalue weighted by atomic mass is 9.99. The maximum Gasteiger partial charge on any atom is 0.153 e. The zero-order valence-electron chi connectivity index (χ0n) is 9.19. The van der Waals surface area contributed by atoms with Crippen LogP contribution >= 0.6 is 0 Å². The van der Waals surface area contributed by atoms with E-state index in [1.54, 1.807) is 18.2 Å². The summed E-state index contributed by atoms with van der Waals surface area (Å²) in [5.74, 6) is -0.495. The highest BCUT2D eigenvalue weighted by Crippen LogP contribution is 2.25. The zero-order chi connectivity index (χ0) is 12.3. The van der Waals surface area contributed by atoms with Gasteiger partial charge in [-0.1, -0.05) is 49.1 Å². The molecule has 1 nitrogen and oxygen atoms in total. The van der Waals surface area contributed by atoms with E-state index in [1.807, 2.05) is 24.3 Å². The number of hydrogen-bond donors (Lipinski definition) is 0. The number of carbonyl (C=O) groups is 1. The summed E-state index contributed by atoms with van der Waals surface area (Å²) in [7, 11) is 0. The minimum absolute atomic E-state index is 0.0962. The molecule has 0 radical (unpaired) electrons. The van der Waals surface area contributed by atoms with Crippen LogP contribution in [0.2, 0.25) is 0 Å². The molecule has 2 aromatic carbocycles. The SMILES string of the molecule is C=Cc1ccc(-c2cccc(F)c2C=O)cc1. The van der Waals surface area contributed by atoms with Crippen molar-refractivity contribution in [2.45, 2.75) is 0 Å². The summed E-state index contributed by atoms with van der Waals surface area (Å²) >= 11 is 0. The van der Waals surface area contributed by atoms with Crippen LogP contribution in [0.3, 0.4) is 0 Å². The van der Waals surface area contributed by atoms with Crippen LogP contribution < -0.4 is 0 Å². The fourth-order valence-electron chi connectivity index (χ4n) is 1.71. The molecule has 0 unspecified atom stereocenters. The first-order valence-corrected chi connectivity index (χ1v) is 5.23. The van der Waals surface area contributed by atoms with Crippen LogP contribution in [0.15, 0.2) is 49.0 Å². The van der Waals surface area contributed by atoms with Crippen LogP contribution in [0, 0.1) is 5.82 Å². The van der Waals surface area contributed by atoms with Gasteiger partial charge in [-0.3, -0.25) is 4.79 Å². The van der Waals surface area contributed by atoms with E-state index in [0.717, 1.165) is 11.1 Å². The van der Waals surface area contributed by atoms with Gasteiger partial charge < -0.3 is 0 Å². The molecule has 0 amide bonds. The molecule has 0 spiro atoms. The predicted octanol–water partition coefficient (Wildman–Crippen LogP) is 3.95. The van der Waals surface area contributed by atoms with Crippen molar-refractivity contribution in [3.8, 4) is 11.1 Å². The fraction of sp³-hybridized carbons (Fsp3) is 0. The van der Waals surface area contributed by atoms with Crippen LogP contribution in [0.4, 0.5) is 4.39 Å². The van der Waals surface area contributed by atoms with Gasteiger partial charge in [0.25, 0.3) is 0 Å². The Morgan fingerprint density at radius 2 is 1.76 bits per heavy atom. The molecule has 0 aliphatic carbocycles. The monoisotopic (exact) mass is 226 g/mol. The first-order chi connectivity index (χ1) is 8.26. The first-order valence-electron chi connectivity index (χ1n) is 5.23. The van der Waals surface area contributed by atoms with Crippen LogP contribution in [0.25, 0.3) is 17.2 Å². The normalized spacial score (nSPS) is 9.94. The predicted molar refractivity (Wildman–Crippen MR) is 67.3 cm³/mol. The highest BCUT2D eigenvalue weighted by Gasteiger charge is 2.08. The Hall–Kier alpha value is -2.22. The molecule has 17 heavy (non-hydrogen) atoms. The minimum atomic E-state index is -0.495. The summed E-state index contributed by atoms with van der Waals surface area (Å²) in [5, 5.41) is 0. The standard InChI is InChI=1S/C15H11FO/c1-2-11-6-8-12(9-7-11)13-4-3-5-15(16)14(13)10-17/h2-10H,1H2. The molecule has 84 valence electrons. The third-order valence-electron chi connectivity index (χ3n) is 2.63. The molecular formula is C15H11FO. The van der Waals surface area contributed by atoms with Gasteiger partial charge in [-0.15, -0.1) is 0 Å². The van der Waals surface area contributed by atoms with Crippen molar-refractivity contribution >= 4 is 12.4 Å². The third kappa shape index (κ3) is 2.16. The number of rotatable bonds is 3. The second-order valence-corrected chi connectivity index (χ2v) is 3.65. The average molecular weight is 226 g/mol. The van der Waals surface area contributed by atoms with Gasteiger partial charge in [-0.05, 0) is 22.8 Å². The highest BCUT2D eigenvalue weighted by atomic mass is 19.1. The maximum atomic E-state index is 13.4. The van der Waals surface area contributed by atoms with Crippen molar-refractivity contribution in [1.29, 1.82) is 0 Å². The molecule has 0 aliphatic heterocycles. The summed E-state index contributed by atoms with van der Waals surface area (Å²) < 4.78 is 13.4. The Morgan fingerprint density at radius 3 is 2.35 bits per heavy atom. The summed E-state index contributed by atoms with van der Waals surface area (Å²) in [4.78, 5) is 10.9. The topological polar surface area (TPSA) is 17.1 Å². The van der Waals surface area contributed by atoms with E-state index in [4.69, 9.17) is 0 Å². The molecule has 0 aliphatic rings. The van der Waals surface area contributed by atoms with Crippen LogP contribution in [0.5, 0.6) is 0 Å². The Kier molecular flexibility index (Phi) is 3.15. The molecule has 0 atom stereocenters. The molecule has 0 fully saturated rings. The van der Waals surface area contributed by atoms with E-state index >= 15 is 0 Å².